The molecular weight excluding hydrogens is 400 g/mol. The number of halogens is 2. The minimum atomic E-state index is -0.968. The SMILES string of the molecule is NC(CC1=CI=C(O)I=C1)C(=O)O. The van der Waals surface area contributed by atoms with Crippen molar-refractivity contribution in [2.75, 3.05) is 0 Å². The first-order chi connectivity index (χ1) is 6.09. The zero-order valence-electron chi connectivity index (χ0n) is 6.58. The molecule has 1 rings (SSSR count). The largest absolute Gasteiger partial charge is 0.480 e. The van der Waals surface area contributed by atoms with Gasteiger partial charge in [0.05, 0.1) is 0 Å². The molecule has 0 spiro atoms. The van der Waals surface area contributed by atoms with E-state index >= 15 is 0 Å². The molecule has 6 heteroatoms. The fourth-order valence-electron chi connectivity index (χ4n) is 0.708. The second-order valence-corrected chi connectivity index (χ2v) is 9.00. The normalized spacial score (nSPS) is 18.9. The van der Waals surface area contributed by atoms with Gasteiger partial charge in [0.15, 0.2) is 0 Å². The third-order valence-electron chi connectivity index (χ3n) is 1.34. The first-order valence-electron chi connectivity index (χ1n) is 3.43. The summed E-state index contributed by atoms with van der Waals surface area (Å²) in [5.74, 6) is -0.968. The second kappa shape index (κ2) is 5.27. The fourth-order valence-corrected chi connectivity index (χ4v) is 6.20. The van der Waals surface area contributed by atoms with E-state index in [2.05, 4.69) is 0 Å². The van der Waals surface area contributed by atoms with Gasteiger partial charge in [-0.25, -0.2) is 0 Å². The number of hydrogen-bond acceptors (Lipinski definition) is 3. The molecule has 4 N–H and O–H groups in total. The van der Waals surface area contributed by atoms with E-state index in [4.69, 9.17) is 15.9 Å². The number of carboxylic acids is 1. The molecule has 13 heavy (non-hydrogen) atoms. The van der Waals surface area contributed by atoms with Gasteiger partial charge in [-0.1, -0.05) is 41.5 Å². The fraction of sp³-hybridized carbons (Fsp3) is 0.286. The van der Waals surface area contributed by atoms with Crippen LogP contribution in [0.2, 0.25) is 0 Å². The van der Waals surface area contributed by atoms with E-state index in [1.54, 1.807) is 0 Å². The molecule has 0 radical (unpaired) electrons. The maximum absolute atomic E-state index is 10.4. The Labute approximate surface area is 95.3 Å². The molecule has 0 aromatic rings. The van der Waals surface area contributed by atoms with Crippen LogP contribution >= 0.6 is 41.5 Å². The van der Waals surface area contributed by atoms with Crippen LogP contribution in [0.1, 0.15) is 6.42 Å². The van der Waals surface area contributed by atoms with Gasteiger partial charge >= 0.3 is 5.97 Å². The standard InChI is InChI=1S/C7H9I2NO3/c10-5(6(11)12)1-4-2-8-7(13)9-3-4/h2-3,5,13H,1,10H2,(H,11,12). The zero-order valence-corrected chi connectivity index (χ0v) is 10.9. The molecule has 0 saturated heterocycles. The topological polar surface area (TPSA) is 83.5 Å². The smallest absolute Gasteiger partial charge is 0.320 e. The van der Waals surface area contributed by atoms with Gasteiger partial charge in [-0.15, -0.1) is 0 Å². The van der Waals surface area contributed by atoms with Crippen LogP contribution in [0.25, 0.3) is 0 Å². The molecule has 0 aromatic carbocycles. The first kappa shape index (κ1) is 11.4. The average Bonchev–Trinajstić information content (AvgIpc) is 2.08. The van der Waals surface area contributed by atoms with E-state index < -0.39 is 12.0 Å². The molecule has 0 amide bonds. The summed E-state index contributed by atoms with van der Waals surface area (Å²) in [6, 6.07) is -0.809. The highest BCUT2D eigenvalue weighted by Gasteiger charge is 2.13. The summed E-state index contributed by atoms with van der Waals surface area (Å²) in [5.41, 5.74) is 6.38. The lowest BCUT2D eigenvalue weighted by Gasteiger charge is -2.07. The third-order valence-corrected chi connectivity index (χ3v) is 7.75. The van der Waals surface area contributed by atoms with Crippen molar-refractivity contribution in [3.05, 3.63) is 9.66 Å². The number of carbonyl (C=O) groups is 1. The van der Waals surface area contributed by atoms with E-state index in [0.717, 1.165) is 5.57 Å². The molecule has 1 atom stereocenters. The van der Waals surface area contributed by atoms with Gasteiger partial charge < -0.3 is 15.9 Å². The van der Waals surface area contributed by atoms with Crippen molar-refractivity contribution < 1.29 is 15.0 Å². The summed E-state index contributed by atoms with van der Waals surface area (Å²) in [6.45, 7) is 0. The van der Waals surface area contributed by atoms with Crippen LogP contribution in [0.4, 0.5) is 0 Å². The lowest BCUT2D eigenvalue weighted by atomic mass is 10.1. The van der Waals surface area contributed by atoms with Crippen molar-refractivity contribution >= 4 is 53.1 Å². The van der Waals surface area contributed by atoms with Gasteiger partial charge in [-0.05, 0) is 20.1 Å². The maximum Gasteiger partial charge on any atom is 0.320 e. The summed E-state index contributed by atoms with van der Waals surface area (Å²) in [5, 5.41) is 17.7. The lowest BCUT2D eigenvalue weighted by molar-refractivity contribution is -0.138. The minimum Gasteiger partial charge on any atom is -0.480 e. The van der Waals surface area contributed by atoms with Crippen molar-refractivity contribution in [2.24, 2.45) is 5.73 Å². The molecule has 1 heterocycles. The third kappa shape index (κ3) is 3.92. The molecule has 1 aliphatic heterocycles. The Morgan fingerprint density at radius 3 is 2.85 bits per heavy atom. The molecule has 1 unspecified atom stereocenters. The number of aliphatic hydroxyl groups is 1. The van der Waals surface area contributed by atoms with Gasteiger partial charge in [0.25, 0.3) is 0 Å². The van der Waals surface area contributed by atoms with Gasteiger partial charge in [-0.2, -0.15) is 0 Å². The van der Waals surface area contributed by atoms with Gasteiger partial charge in [0.2, 0.25) is 0 Å². The molecule has 4 nitrogen and oxygen atoms in total. The highest BCUT2D eigenvalue weighted by atomic mass is 127. The van der Waals surface area contributed by atoms with Gasteiger partial charge in [0, 0.05) is 0 Å². The van der Waals surface area contributed by atoms with Crippen molar-refractivity contribution in [2.45, 2.75) is 12.5 Å². The molecule has 0 bridgehead atoms. The summed E-state index contributed by atoms with van der Waals surface area (Å²) < 4.78 is 4.52. The van der Waals surface area contributed by atoms with Crippen molar-refractivity contribution in [1.29, 1.82) is 0 Å². The Hall–Kier alpha value is 0.330. The number of hydrogen-bond donors (Lipinski definition) is 3. The van der Waals surface area contributed by atoms with Crippen LogP contribution in [-0.2, 0) is 4.79 Å². The Kier molecular flexibility index (Phi) is 4.62. The molecule has 74 valence electrons. The van der Waals surface area contributed by atoms with Gasteiger partial charge in [0.1, 0.15) is 7.74 Å². The van der Waals surface area contributed by atoms with Crippen LogP contribution in [0.15, 0.2) is 9.66 Å². The van der Waals surface area contributed by atoms with Crippen LogP contribution in [0.5, 0.6) is 0 Å². The predicted molar refractivity (Wildman–Crippen MR) is 69.4 cm³/mol. The van der Waals surface area contributed by atoms with Crippen LogP contribution in [-0.4, -0.2) is 27.9 Å². The van der Waals surface area contributed by atoms with Crippen molar-refractivity contribution in [3.8, 4) is 0 Å². The van der Waals surface area contributed by atoms with Crippen LogP contribution in [0, 0.1) is 0 Å². The van der Waals surface area contributed by atoms with E-state index in [0.29, 0.717) is 8.12 Å². The summed E-state index contributed by atoms with van der Waals surface area (Å²) in [6.07, 6.45) is 0.391. The van der Waals surface area contributed by atoms with Crippen LogP contribution in [0.3, 0.4) is 0 Å². The summed E-state index contributed by atoms with van der Waals surface area (Å²) in [7, 11) is 0. The molecule has 0 saturated carbocycles. The minimum absolute atomic E-state index is 0.361. The Morgan fingerprint density at radius 1 is 1.69 bits per heavy atom. The van der Waals surface area contributed by atoms with Crippen LogP contribution < -0.4 is 5.73 Å². The molecule has 0 aliphatic carbocycles. The number of aliphatic hydroxyl groups excluding tert-OH is 1. The van der Waals surface area contributed by atoms with E-state index in [1.165, 1.54) is 0 Å². The number of nitrogens with two attached hydrogens (primary N) is 1. The van der Waals surface area contributed by atoms with Crippen molar-refractivity contribution in [3.63, 3.8) is 0 Å². The quantitative estimate of drug-likeness (QED) is 0.605. The highest BCUT2D eigenvalue weighted by Crippen LogP contribution is 2.22. The second-order valence-electron chi connectivity index (χ2n) is 2.40. The monoisotopic (exact) mass is 409 g/mol. The predicted octanol–water partition coefficient (Wildman–Crippen LogP) is 0.889. The van der Waals surface area contributed by atoms with Crippen molar-refractivity contribution in [1.82, 2.24) is 0 Å². The van der Waals surface area contributed by atoms with E-state index in [-0.39, 0.29) is 41.5 Å². The van der Waals surface area contributed by atoms with E-state index in [9.17, 15) is 4.79 Å². The maximum atomic E-state index is 10.4. The Bertz CT molecular complexity index is 309. The molecule has 0 aromatic heterocycles. The highest BCUT2D eigenvalue weighted by molar-refractivity contribution is 14.3. The Balaban J connectivity index is 2.58. The zero-order chi connectivity index (χ0) is 9.84. The number of aliphatic carboxylic acids is 1. The van der Waals surface area contributed by atoms with E-state index in [1.807, 2.05) is 8.09 Å². The van der Waals surface area contributed by atoms with Gasteiger partial charge in [-0.3, -0.25) is 4.79 Å². The lowest BCUT2D eigenvalue weighted by Crippen LogP contribution is -2.30. The number of carboxylic acid groups (broad SMARTS) is 1. The Morgan fingerprint density at radius 2 is 2.38 bits per heavy atom. The average molecular weight is 409 g/mol. The molecule has 1 aliphatic rings. The molecule has 0 fully saturated rings. The summed E-state index contributed by atoms with van der Waals surface area (Å²) in [4.78, 5) is 10.4. The molecular formula is C7H9I2NO3. The summed E-state index contributed by atoms with van der Waals surface area (Å²) >= 11 is -0.721. The first-order valence-corrected chi connectivity index (χ1v) is 8.08. The number of rotatable bonds is 3.